The topological polar surface area (TPSA) is 132 Å². The minimum absolute atomic E-state index is 0.119. The number of anilines is 1. The predicted molar refractivity (Wildman–Crippen MR) is 172 cm³/mol. The fourth-order valence-corrected chi connectivity index (χ4v) is 7.71. The number of nitro groups is 1. The number of amides is 1. The van der Waals surface area contributed by atoms with Gasteiger partial charge in [0.2, 0.25) is 0 Å². The number of carbonyl (C=O) groups excluding carboxylic acids is 1. The van der Waals surface area contributed by atoms with Gasteiger partial charge in [0.1, 0.15) is 6.04 Å². The number of aryl methyl sites for hydroxylation is 2. The number of thiophene rings is 1. The first-order chi connectivity index (χ1) is 21.2. The smallest absolute Gasteiger partial charge is 0.283 e. The van der Waals surface area contributed by atoms with Crippen LogP contribution in [0.25, 0.3) is 6.08 Å². The number of hydrogen-bond acceptors (Lipinski definition) is 10. The van der Waals surface area contributed by atoms with E-state index in [0.29, 0.717) is 41.9 Å². The van der Waals surface area contributed by atoms with Crippen LogP contribution in [-0.2, 0) is 4.79 Å². The molecule has 0 aliphatic carbocycles. The van der Waals surface area contributed by atoms with Crippen molar-refractivity contribution in [3.8, 4) is 0 Å². The number of rotatable bonds is 7. The molecule has 0 spiro atoms. The minimum atomic E-state index is -0.678. The number of benzene rings is 2. The molecule has 1 amide bonds. The third-order valence-corrected chi connectivity index (χ3v) is 9.59. The van der Waals surface area contributed by atoms with Crippen molar-refractivity contribution in [2.75, 3.05) is 5.32 Å². The molecule has 3 aromatic heterocycles. The maximum atomic E-state index is 13.9. The van der Waals surface area contributed by atoms with Crippen LogP contribution in [0.4, 0.5) is 11.4 Å². The average molecular weight is 641 g/mol. The Bertz CT molecular complexity index is 2120. The molecule has 0 bridgehead atoms. The summed E-state index contributed by atoms with van der Waals surface area (Å²) in [6, 6.07) is 18.8. The maximum Gasteiger partial charge on any atom is 0.283 e. The molecule has 44 heavy (non-hydrogen) atoms. The Morgan fingerprint density at radius 3 is 2.48 bits per heavy atom. The molecular formula is C31H24N6O4S3. The molecule has 4 heterocycles. The van der Waals surface area contributed by atoms with Gasteiger partial charge in [-0.1, -0.05) is 41.7 Å². The van der Waals surface area contributed by atoms with Gasteiger partial charge in [-0.15, -0.1) is 11.3 Å². The number of fused-ring (bicyclic) bond motifs is 1. The summed E-state index contributed by atoms with van der Waals surface area (Å²) in [7, 11) is 0. The summed E-state index contributed by atoms with van der Waals surface area (Å²) in [6.45, 7) is 5.45. The summed E-state index contributed by atoms with van der Waals surface area (Å²) in [4.78, 5) is 54.2. The van der Waals surface area contributed by atoms with Gasteiger partial charge in [0.25, 0.3) is 17.2 Å². The van der Waals surface area contributed by atoms with Crippen LogP contribution in [0.15, 0.2) is 103 Å². The molecule has 1 N–H and O–H groups in total. The van der Waals surface area contributed by atoms with Gasteiger partial charge in [-0.2, -0.15) is 0 Å². The predicted octanol–water partition coefficient (Wildman–Crippen LogP) is 5.40. The van der Waals surface area contributed by atoms with E-state index in [1.54, 1.807) is 37.3 Å². The first-order valence-electron chi connectivity index (χ1n) is 13.4. The fourth-order valence-electron chi connectivity index (χ4n) is 4.89. The molecule has 13 heteroatoms. The van der Waals surface area contributed by atoms with Crippen molar-refractivity contribution < 1.29 is 9.72 Å². The first-order valence-corrected chi connectivity index (χ1v) is 15.9. The Labute approximate surface area is 263 Å². The largest absolute Gasteiger partial charge is 0.322 e. The average Bonchev–Trinajstić information content (AvgIpc) is 3.61. The molecule has 1 atom stereocenters. The van der Waals surface area contributed by atoms with Crippen molar-refractivity contribution in [1.82, 2.24) is 14.5 Å². The number of nitrogens with zero attached hydrogens (tertiary/aromatic N) is 5. The molecule has 6 rings (SSSR count). The van der Waals surface area contributed by atoms with Crippen LogP contribution >= 0.6 is 34.4 Å². The van der Waals surface area contributed by atoms with Gasteiger partial charge in [-0.25, -0.2) is 15.0 Å². The summed E-state index contributed by atoms with van der Waals surface area (Å²) in [5.41, 5.74) is 3.08. The third-order valence-electron chi connectivity index (χ3n) is 6.75. The lowest BCUT2D eigenvalue weighted by Crippen LogP contribution is -2.40. The highest BCUT2D eigenvalue weighted by Crippen LogP contribution is 2.35. The Morgan fingerprint density at radius 2 is 1.80 bits per heavy atom. The Balaban J connectivity index is 1.41. The van der Waals surface area contributed by atoms with Gasteiger partial charge in [0.05, 0.1) is 25.6 Å². The summed E-state index contributed by atoms with van der Waals surface area (Å²) in [6.07, 6.45) is 1.62. The van der Waals surface area contributed by atoms with Crippen molar-refractivity contribution in [3.63, 3.8) is 0 Å². The lowest BCUT2D eigenvalue weighted by atomic mass is 10.0. The highest BCUT2D eigenvalue weighted by molar-refractivity contribution is 7.99. The summed E-state index contributed by atoms with van der Waals surface area (Å²) in [5.74, 6) is -0.346. The molecule has 2 aromatic carbocycles. The Morgan fingerprint density at radius 1 is 1.05 bits per heavy atom. The molecule has 0 unspecified atom stereocenters. The number of allylic oxidation sites excluding steroid dienone is 1. The van der Waals surface area contributed by atoms with Gasteiger partial charge in [0.15, 0.2) is 9.96 Å². The Hall–Kier alpha value is -4.72. The quantitative estimate of drug-likeness (QED) is 0.143. The van der Waals surface area contributed by atoms with Crippen LogP contribution in [0.1, 0.15) is 34.8 Å². The second-order valence-corrected chi connectivity index (χ2v) is 12.9. The van der Waals surface area contributed by atoms with Gasteiger partial charge < -0.3 is 5.32 Å². The standard InChI is InChI=1S/C31H24N6O4S3/c1-17-14-18(2)33-30(32-17)43-23-12-11-20(15-22(23)37(40)41)16-25-29(39)36-27(24-10-7-13-42-24)26(19(3)34-31(36)44-25)28(38)35-21-8-5-4-6-9-21/h4-16,27H,1-3H3,(H,35,38)/b25-16+/t27-/m1/s1. The van der Waals surface area contributed by atoms with E-state index in [2.05, 4.69) is 20.3 Å². The number of para-hydroxylation sites is 1. The first kappa shape index (κ1) is 29.4. The zero-order chi connectivity index (χ0) is 31.0. The van der Waals surface area contributed by atoms with Crippen LogP contribution < -0.4 is 20.2 Å². The second-order valence-electron chi connectivity index (χ2n) is 9.94. The number of nitrogens with one attached hydrogen (secondary N) is 1. The van der Waals surface area contributed by atoms with E-state index in [1.165, 1.54) is 33.3 Å². The van der Waals surface area contributed by atoms with Gasteiger partial charge >= 0.3 is 0 Å². The molecule has 220 valence electrons. The number of carbonyl (C=O) groups is 1. The fraction of sp³-hybridized carbons (Fsp3) is 0.129. The van der Waals surface area contributed by atoms with Crippen LogP contribution in [0.3, 0.4) is 0 Å². The van der Waals surface area contributed by atoms with E-state index in [1.807, 2.05) is 55.6 Å². The van der Waals surface area contributed by atoms with Gasteiger partial charge in [-0.3, -0.25) is 24.3 Å². The van der Waals surface area contributed by atoms with E-state index in [0.717, 1.165) is 28.0 Å². The minimum Gasteiger partial charge on any atom is -0.322 e. The maximum absolute atomic E-state index is 13.9. The van der Waals surface area contributed by atoms with Crippen molar-refractivity contribution in [2.45, 2.75) is 36.9 Å². The van der Waals surface area contributed by atoms with Crippen LogP contribution in [0.5, 0.6) is 0 Å². The van der Waals surface area contributed by atoms with Crippen molar-refractivity contribution in [3.05, 3.63) is 135 Å². The number of aromatic nitrogens is 3. The van der Waals surface area contributed by atoms with E-state index in [4.69, 9.17) is 0 Å². The van der Waals surface area contributed by atoms with Crippen LogP contribution in [0, 0.1) is 24.0 Å². The molecule has 0 saturated carbocycles. The van der Waals surface area contributed by atoms with E-state index in [9.17, 15) is 19.7 Å². The summed E-state index contributed by atoms with van der Waals surface area (Å²) >= 11 is 3.74. The zero-order valence-corrected chi connectivity index (χ0v) is 26.1. The Kier molecular flexibility index (Phi) is 8.08. The normalized spacial score (nSPS) is 14.7. The molecule has 5 aromatic rings. The van der Waals surface area contributed by atoms with Crippen molar-refractivity contribution in [1.29, 1.82) is 0 Å². The van der Waals surface area contributed by atoms with E-state index >= 15 is 0 Å². The summed E-state index contributed by atoms with van der Waals surface area (Å²) < 4.78 is 1.88. The van der Waals surface area contributed by atoms with E-state index < -0.39 is 11.0 Å². The SMILES string of the molecule is CC1=C(C(=O)Nc2ccccc2)[C@@H](c2cccs2)n2c(s/c(=C/c3ccc(Sc4nc(C)cc(C)n4)c([N+](=O)[O-])c3)c2=O)=N1. The van der Waals surface area contributed by atoms with Gasteiger partial charge in [-0.05, 0) is 79.9 Å². The number of thiazole rings is 1. The molecule has 1 aliphatic heterocycles. The molecule has 0 saturated heterocycles. The van der Waals surface area contributed by atoms with Crippen LogP contribution in [0.2, 0.25) is 0 Å². The zero-order valence-electron chi connectivity index (χ0n) is 23.7. The van der Waals surface area contributed by atoms with Crippen LogP contribution in [-0.4, -0.2) is 25.4 Å². The number of hydrogen-bond donors (Lipinski definition) is 1. The van der Waals surface area contributed by atoms with Crippen molar-refractivity contribution >= 4 is 57.8 Å². The monoisotopic (exact) mass is 640 g/mol. The third kappa shape index (κ3) is 5.89. The molecule has 0 radical (unpaired) electrons. The second kappa shape index (κ2) is 12.1. The van der Waals surface area contributed by atoms with E-state index in [-0.39, 0.29) is 17.2 Å². The molecule has 10 nitrogen and oxygen atoms in total. The van der Waals surface area contributed by atoms with Crippen molar-refractivity contribution in [2.24, 2.45) is 4.99 Å². The van der Waals surface area contributed by atoms with Gasteiger partial charge in [0, 0.05) is 28.0 Å². The summed E-state index contributed by atoms with van der Waals surface area (Å²) in [5, 5.41) is 17.3. The highest BCUT2D eigenvalue weighted by Gasteiger charge is 2.33. The highest BCUT2D eigenvalue weighted by atomic mass is 32.2. The molecular weight excluding hydrogens is 617 g/mol. The molecule has 1 aliphatic rings. The lowest BCUT2D eigenvalue weighted by molar-refractivity contribution is -0.387. The number of nitro benzene ring substituents is 1. The molecule has 0 fully saturated rings. The lowest BCUT2D eigenvalue weighted by Gasteiger charge is -2.24.